The second-order valence-electron chi connectivity index (χ2n) is 4.41. The molecule has 0 spiro atoms. The van der Waals surface area contributed by atoms with Gasteiger partial charge in [0, 0.05) is 12.0 Å². The van der Waals surface area contributed by atoms with E-state index in [0.29, 0.717) is 6.54 Å². The number of hydrogen-bond acceptors (Lipinski definition) is 3. The summed E-state index contributed by atoms with van der Waals surface area (Å²) in [4.78, 5) is 11.1. The summed E-state index contributed by atoms with van der Waals surface area (Å²) in [6.45, 7) is 1.55. The second kappa shape index (κ2) is 6.47. The molecule has 0 radical (unpaired) electrons. The van der Waals surface area contributed by atoms with E-state index in [9.17, 15) is 13.6 Å². The maximum absolute atomic E-state index is 12.1. The van der Waals surface area contributed by atoms with Crippen LogP contribution in [-0.4, -0.2) is 19.1 Å². The van der Waals surface area contributed by atoms with E-state index in [1.54, 1.807) is 12.1 Å². The highest BCUT2D eigenvalue weighted by atomic mass is 19.3. The van der Waals surface area contributed by atoms with Gasteiger partial charge in [-0.05, 0) is 31.2 Å². The predicted octanol–water partition coefficient (Wildman–Crippen LogP) is 1.99. The van der Waals surface area contributed by atoms with E-state index < -0.39 is 18.1 Å². The monoisotopic (exact) mass is 272 g/mol. The van der Waals surface area contributed by atoms with Gasteiger partial charge in [-0.25, -0.2) is 0 Å². The Labute approximate surface area is 110 Å². The molecule has 0 fully saturated rings. The third kappa shape index (κ3) is 4.48. The molecule has 0 aliphatic carbocycles. The lowest BCUT2D eigenvalue weighted by Gasteiger charge is -2.30. The molecular weight excluding hydrogens is 254 g/mol. The lowest BCUT2D eigenvalue weighted by molar-refractivity contribution is -0.119. The lowest BCUT2D eigenvalue weighted by atomic mass is 9.88. The number of primary amides is 1. The molecule has 4 nitrogen and oxygen atoms in total. The van der Waals surface area contributed by atoms with Crippen molar-refractivity contribution in [2.75, 3.05) is 6.54 Å². The fraction of sp³-hybridized carbons (Fsp3) is 0.462. The average Bonchev–Trinajstić information content (AvgIpc) is 2.28. The molecule has 0 heterocycles. The van der Waals surface area contributed by atoms with Gasteiger partial charge in [-0.15, -0.1) is 0 Å². The summed E-state index contributed by atoms with van der Waals surface area (Å²) in [5.74, 6) is -0.354. The molecule has 3 N–H and O–H groups in total. The van der Waals surface area contributed by atoms with Crippen LogP contribution in [0.5, 0.6) is 5.75 Å². The number of carbonyl (C=O) groups is 1. The van der Waals surface area contributed by atoms with Gasteiger partial charge in [-0.1, -0.05) is 19.1 Å². The topological polar surface area (TPSA) is 64.3 Å². The van der Waals surface area contributed by atoms with Crippen molar-refractivity contribution in [3.8, 4) is 5.75 Å². The van der Waals surface area contributed by atoms with Crippen molar-refractivity contribution in [3.05, 3.63) is 29.8 Å². The lowest BCUT2D eigenvalue weighted by Crippen LogP contribution is -2.42. The number of rotatable bonds is 7. The van der Waals surface area contributed by atoms with Gasteiger partial charge in [-0.3, -0.25) is 4.79 Å². The number of halogens is 2. The van der Waals surface area contributed by atoms with Gasteiger partial charge in [0.2, 0.25) is 5.91 Å². The van der Waals surface area contributed by atoms with Crippen molar-refractivity contribution >= 4 is 5.91 Å². The van der Waals surface area contributed by atoms with Crippen molar-refractivity contribution in [1.82, 2.24) is 5.32 Å². The first kappa shape index (κ1) is 15.4. The molecule has 1 amide bonds. The minimum absolute atomic E-state index is 0.0803. The molecule has 1 atom stereocenters. The van der Waals surface area contributed by atoms with Gasteiger partial charge in [0.15, 0.2) is 0 Å². The molecule has 0 aromatic heterocycles. The number of alkyl halides is 2. The molecule has 0 aliphatic rings. The van der Waals surface area contributed by atoms with Crippen LogP contribution in [0.2, 0.25) is 0 Å². The van der Waals surface area contributed by atoms with Gasteiger partial charge in [0.05, 0.1) is 0 Å². The minimum Gasteiger partial charge on any atom is -0.435 e. The third-order valence-corrected chi connectivity index (χ3v) is 2.81. The fourth-order valence-corrected chi connectivity index (χ4v) is 2.01. The van der Waals surface area contributed by atoms with E-state index in [4.69, 9.17) is 5.73 Å². The second-order valence-corrected chi connectivity index (χ2v) is 4.41. The van der Waals surface area contributed by atoms with Gasteiger partial charge < -0.3 is 15.8 Å². The fourth-order valence-electron chi connectivity index (χ4n) is 2.01. The molecule has 106 valence electrons. The predicted molar refractivity (Wildman–Crippen MR) is 67.9 cm³/mol. The first-order valence-electron chi connectivity index (χ1n) is 5.96. The summed E-state index contributed by atoms with van der Waals surface area (Å²) < 4.78 is 28.4. The van der Waals surface area contributed by atoms with E-state index in [0.717, 1.165) is 5.56 Å². The molecular formula is C13H18F2N2O2. The van der Waals surface area contributed by atoms with E-state index in [-0.39, 0.29) is 12.2 Å². The molecule has 0 aliphatic heterocycles. The Morgan fingerprint density at radius 2 is 2.00 bits per heavy atom. The van der Waals surface area contributed by atoms with Gasteiger partial charge >= 0.3 is 6.61 Å². The maximum Gasteiger partial charge on any atom is 0.387 e. The number of amides is 1. The van der Waals surface area contributed by atoms with Crippen molar-refractivity contribution in [3.63, 3.8) is 0 Å². The number of benzene rings is 1. The number of hydrogen-bond donors (Lipinski definition) is 2. The number of nitrogens with two attached hydrogens (primary N) is 1. The molecule has 0 bridgehead atoms. The van der Waals surface area contributed by atoms with Crippen LogP contribution < -0.4 is 15.8 Å². The molecule has 1 rings (SSSR count). The Hall–Kier alpha value is -1.69. The maximum atomic E-state index is 12.1. The Morgan fingerprint density at radius 1 is 1.42 bits per heavy atom. The van der Waals surface area contributed by atoms with Gasteiger partial charge in [-0.2, -0.15) is 8.78 Å². The minimum atomic E-state index is -2.85. The van der Waals surface area contributed by atoms with Crippen LogP contribution in [0.3, 0.4) is 0 Å². The first-order chi connectivity index (χ1) is 8.87. The standard InChI is InChI=1S/C13H18F2N2O2/c1-3-17-13(2,8-11(16)18)9-4-6-10(7-5-9)19-12(14)15/h4-7,12,17H,3,8H2,1-2H3,(H2,16,18). The zero-order chi connectivity index (χ0) is 14.5. The third-order valence-electron chi connectivity index (χ3n) is 2.81. The summed E-state index contributed by atoms with van der Waals surface area (Å²) in [7, 11) is 0. The number of nitrogens with one attached hydrogen (secondary N) is 1. The molecule has 19 heavy (non-hydrogen) atoms. The molecule has 6 heteroatoms. The Morgan fingerprint density at radius 3 is 2.42 bits per heavy atom. The van der Waals surface area contributed by atoms with Crippen LogP contribution in [-0.2, 0) is 10.3 Å². The van der Waals surface area contributed by atoms with Crippen molar-refractivity contribution in [2.45, 2.75) is 32.4 Å². The van der Waals surface area contributed by atoms with Crippen LogP contribution in [0.1, 0.15) is 25.8 Å². The first-order valence-corrected chi connectivity index (χ1v) is 5.96. The van der Waals surface area contributed by atoms with Crippen LogP contribution in [0, 0.1) is 0 Å². The van der Waals surface area contributed by atoms with Gasteiger partial charge in [0.1, 0.15) is 5.75 Å². The Bertz CT molecular complexity index is 423. The van der Waals surface area contributed by atoms with E-state index >= 15 is 0 Å². The summed E-state index contributed by atoms with van der Waals surface area (Å²) >= 11 is 0. The van der Waals surface area contributed by atoms with E-state index in [2.05, 4.69) is 10.1 Å². The largest absolute Gasteiger partial charge is 0.435 e. The molecule has 1 unspecified atom stereocenters. The summed E-state index contributed by atoms with van der Waals surface area (Å²) in [6, 6.07) is 6.17. The summed E-state index contributed by atoms with van der Waals surface area (Å²) in [5.41, 5.74) is 5.40. The SMILES string of the molecule is CCNC(C)(CC(N)=O)c1ccc(OC(F)F)cc1. The summed E-state index contributed by atoms with van der Waals surface area (Å²) in [5, 5.41) is 3.18. The molecule has 1 aromatic carbocycles. The quantitative estimate of drug-likeness (QED) is 0.797. The van der Waals surface area contributed by atoms with E-state index in [1.165, 1.54) is 12.1 Å². The van der Waals surface area contributed by atoms with Crippen LogP contribution >= 0.6 is 0 Å². The van der Waals surface area contributed by atoms with Crippen LogP contribution in [0.15, 0.2) is 24.3 Å². The Kier molecular flexibility index (Phi) is 5.23. The molecule has 0 saturated carbocycles. The zero-order valence-electron chi connectivity index (χ0n) is 11.0. The van der Waals surface area contributed by atoms with Crippen LogP contribution in [0.25, 0.3) is 0 Å². The highest BCUT2D eigenvalue weighted by Gasteiger charge is 2.27. The van der Waals surface area contributed by atoms with Crippen molar-refractivity contribution in [1.29, 1.82) is 0 Å². The molecule has 1 aromatic rings. The van der Waals surface area contributed by atoms with Crippen molar-refractivity contribution in [2.24, 2.45) is 5.73 Å². The Balaban J connectivity index is 2.93. The number of ether oxygens (including phenoxy) is 1. The zero-order valence-corrected chi connectivity index (χ0v) is 11.0. The normalized spacial score (nSPS) is 14.2. The van der Waals surface area contributed by atoms with Crippen molar-refractivity contribution < 1.29 is 18.3 Å². The highest BCUT2D eigenvalue weighted by Crippen LogP contribution is 2.26. The number of carbonyl (C=O) groups excluding carboxylic acids is 1. The smallest absolute Gasteiger partial charge is 0.387 e. The van der Waals surface area contributed by atoms with E-state index in [1.807, 2.05) is 13.8 Å². The average molecular weight is 272 g/mol. The highest BCUT2D eigenvalue weighted by molar-refractivity contribution is 5.75. The van der Waals surface area contributed by atoms with Crippen LogP contribution in [0.4, 0.5) is 8.78 Å². The van der Waals surface area contributed by atoms with Gasteiger partial charge in [0.25, 0.3) is 0 Å². The molecule has 0 saturated heterocycles. The summed E-state index contributed by atoms with van der Waals surface area (Å²) in [6.07, 6.45) is 0.121.